The van der Waals surface area contributed by atoms with Crippen molar-refractivity contribution in [3.05, 3.63) is 35.7 Å². The highest BCUT2D eigenvalue weighted by Crippen LogP contribution is 2.38. The number of carbonyl (C=O) groups is 2. The lowest BCUT2D eigenvalue weighted by atomic mass is 9.95. The fourth-order valence-corrected chi connectivity index (χ4v) is 3.24. The molecule has 0 bridgehead atoms. The summed E-state index contributed by atoms with van der Waals surface area (Å²) in [5.74, 6) is 0.102. The number of aromatic nitrogens is 2. The molecule has 1 aromatic carbocycles. The van der Waals surface area contributed by atoms with Crippen LogP contribution in [0.15, 0.2) is 24.4 Å². The van der Waals surface area contributed by atoms with E-state index >= 15 is 0 Å². The van der Waals surface area contributed by atoms with Crippen LogP contribution in [0.2, 0.25) is 0 Å². The molecule has 0 atom stereocenters. The van der Waals surface area contributed by atoms with Crippen molar-refractivity contribution in [3.8, 4) is 11.5 Å². The molecule has 2 aromatic rings. The van der Waals surface area contributed by atoms with Gasteiger partial charge in [-0.3, -0.25) is 14.3 Å². The van der Waals surface area contributed by atoms with Crippen molar-refractivity contribution in [1.29, 1.82) is 0 Å². The summed E-state index contributed by atoms with van der Waals surface area (Å²) in [5, 5.41) is 6.97. The standard InChI is InChI=1S/C20H26N4O5/c1-6-24-8-7-14(22-24)18(25)21-15-9-13(10-16(27-3)17(15)28-4)19(26)23-11-20(2,12-23)29-5/h7-10H,6,11-12H2,1-5H3,(H,21,25). The molecule has 156 valence electrons. The van der Waals surface area contributed by atoms with Gasteiger partial charge >= 0.3 is 0 Å². The van der Waals surface area contributed by atoms with E-state index in [1.807, 2.05) is 13.8 Å². The molecule has 3 rings (SSSR count). The van der Waals surface area contributed by atoms with Gasteiger partial charge in [0.15, 0.2) is 17.2 Å². The SMILES string of the molecule is CCn1ccc(C(=O)Nc2cc(C(=O)N3CC(C)(OC)C3)cc(OC)c2OC)n1. The Bertz CT molecular complexity index is 918. The molecule has 2 heterocycles. The average Bonchev–Trinajstić information content (AvgIpc) is 3.19. The molecule has 1 saturated heterocycles. The van der Waals surface area contributed by atoms with E-state index in [9.17, 15) is 9.59 Å². The number of hydrogen-bond acceptors (Lipinski definition) is 6. The monoisotopic (exact) mass is 402 g/mol. The number of rotatable bonds is 7. The number of nitrogens with one attached hydrogen (secondary N) is 1. The lowest BCUT2D eigenvalue weighted by molar-refractivity contribution is -0.0947. The van der Waals surface area contributed by atoms with E-state index in [0.29, 0.717) is 42.4 Å². The summed E-state index contributed by atoms with van der Waals surface area (Å²) in [4.78, 5) is 27.2. The second-order valence-corrected chi connectivity index (χ2v) is 7.09. The predicted octanol–water partition coefficient (Wildman–Crippen LogP) is 2.03. The number of anilines is 1. The largest absolute Gasteiger partial charge is 0.493 e. The molecular weight excluding hydrogens is 376 g/mol. The maximum Gasteiger partial charge on any atom is 0.276 e. The Labute approximate surface area is 169 Å². The van der Waals surface area contributed by atoms with Gasteiger partial charge in [0, 0.05) is 25.4 Å². The fourth-order valence-electron chi connectivity index (χ4n) is 3.24. The number of likely N-dealkylation sites (tertiary alicyclic amines) is 1. The van der Waals surface area contributed by atoms with Gasteiger partial charge in [-0.25, -0.2) is 0 Å². The summed E-state index contributed by atoms with van der Waals surface area (Å²) in [7, 11) is 4.58. The second-order valence-electron chi connectivity index (χ2n) is 7.09. The van der Waals surface area contributed by atoms with Crippen molar-refractivity contribution < 1.29 is 23.8 Å². The maximum atomic E-state index is 12.9. The van der Waals surface area contributed by atoms with Crippen LogP contribution in [-0.4, -0.2) is 66.5 Å². The molecule has 0 radical (unpaired) electrons. The summed E-state index contributed by atoms with van der Waals surface area (Å²) in [5.41, 5.74) is 0.654. The van der Waals surface area contributed by atoms with Gasteiger partial charge in [0.2, 0.25) is 0 Å². The quantitative estimate of drug-likeness (QED) is 0.762. The van der Waals surface area contributed by atoms with Gasteiger partial charge in [-0.1, -0.05) is 0 Å². The Kier molecular flexibility index (Phi) is 5.78. The van der Waals surface area contributed by atoms with Crippen LogP contribution in [0.4, 0.5) is 5.69 Å². The predicted molar refractivity (Wildman–Crippen MR) is 107 cm³/mol. The molecule has 1 aromatic heterocycles. The highest BCUT2D eigenvalue weighted by atomic mass is 16.5. The zero-order valence-corrected chi connectivity index (χ0v) is 17.3. The number of nitrogens with zero attached hydrogens (tertiary/aromatic N) is 3. The minimum atomic E-state index is -0.405. The zero-order chi connectivity index (χ0) is 21.2. The zero-order valence-electron chi connectivity index (χ0n) is 17.3. The molecular formula is C20H26N4O5. The first-order valence-electron chi connectivity index (χ1n) is 9.29. The minimum Gasteiger partial charge on any atom is -0.493 e. The van der Waals surface area contributed by atoms with Crippen LogP contribution in [0.25, 0.3) is 0 Å². The third kappa shape index (κ3) is 4.04. The van der Waals surface area contributed by atoms with E-state index in [1.165, 1.54) is 14.2 Å². The summed E-state index contributed by atoms with van der Waals surface area (Å²) in [6.45, 7) is 5.53. The summed E-state index contributed by atoms with van der Waals surface area (Å²) in [6.07, 6.45) is 1.73. The summed E-state index contributed by atoms with van der Waals surface area (Å²) >= 11 is 0. The molecule has 1 aliphatic rings. The topological polar surface area (TPSA) is 94.9 Å². The molecule has 9 nitrogen and oxygen atoms in total. The molecule has 1 N–H and O–H groups in total. The minimum absolute atomic E-state index is 0.175. The van der Waals surface area contributed by atoms with E-state index in [2.05, 4.69) is 10.4 Å². The van der Waals surface area contributed by atoms with Gasteiger partial charge < -0.3 is 24.4 Å². The van der Waals surface area contributed by atoms with Crippen molar-refractivity contribution in [3.63, 3.8) is 0 Å². The third-order valence-corrected chi connectivity index (χ3v) is 5.00. The third-order valence-electron chi connectivity index (χ3n) is 5.00. The molecule has 29 heavy (non-hydrogen) atoms. The molecule has 0 aliphatic carbocycles. The van der Waals surface area contributed by atoms with E-state index in [-0.39, 0.29) is 17.2 Å². The lowest BCUT2D eigenvalue weighted by Gasteiger charge is -2.46. The van der Waals surface area contributed by atoms with Crippen LogP contribution >= 0.6 is 0 Å². The number of aryl methyl sites for hydroxylation is 1. The van der Waals surface area contributed by atoms with E-state index in [1.54, 1.807) is 41.1 Å². The first-order chi connectivity index (χ1) is 13.8. The van der Waals surface area contributed by atoms with Gasteiger partial charge in [-0.15, -0.1) is 0 Å². The number of hydrogen-bond donors (Lipinski definition) is 1. The average molecular weight is 402 g/mol. The molecule has 0 unspecified atom stereocenters. The molecule has 2 amide bonds. The van der Waals surface area contributed by atoms with Crippen LogP contribution in [0.5, 0.6) is 11.5 Å². The molecule has 0 saturated carbocycles. The van der Waals surface area contributed by atoms with Crippen LogP contribution < -0.4 is 14.8 Å². The Morgan fingerprint density at radius 3 is 2.48 bits per heavy atom. The molecule has 0 spiro atoms. The smallest absolute Gasteiger partial charge is 0.276 e. The van der Waals surface area contributed by atoms with Crippen molar-refractivity contribution in [2.75, 3.05) is 39.7 Å². The van der Waals surface area contributed by atoms with Gasteiger partial charge in [-0.2, -0.15) is 5.10 Å². The first-order valence-corrected chi connectivity index (χ1v) is 9.29. The lowest BCUT2D eigenvalue weighted by Crippen LogP contribution is -2.62. The highest BCUT2D eigenvalue weighted by molar-refractivity contribution is 6.05. The first kappa shape index (κ1) is 20.7. The molecule has 1 aliphatic heterocycles. The Balaban J connectivity index is 1.88. The van der Waals surface area contributed by atoms with Gasteiger partial charge in [-0.05, 0) is 32.0 Å². The highest BCUT2D eigenvalue weighted by Gasteiger charge is 2.42. The second kappa shape index (κ2) is 8.12. The van der Waals surface area contributed by atoms with Crippen molar-refractivity contribution in [2.45, 2.75) is 26.0 Å². The Morgan fingerprint density at radius 2 is 1.93 bits per heavy atom. The maximum absolute atomic E-state index is 12.9. The fraction of sp³-hybridized carbons (Fsp3) is 0.450. The van der Waals surface area contributed by atoms with Gasteiger partial charge in [0.1, 0.15) is 5.60 Å². The number of benzene rings is 1. The normalized spacial score (nSPS) is 14.9. The summed E-state index contributed by atoms with van der Waals surface area (Å²) < 4.78 is 17.8. The van der Waals surface area contributed by atoms with E-state index in [0.717, 1.165) is 0 Å². The van der Waals surface area contributed by atoms with Crippen LogP contribution in [0.1, 0.15) is 34.7 Å². The van der Waals surface area contributed by atoms with Gasteiger partial charge in [0.05, 0.1) is 33.0 Å². The van der Waals surface area contributed by atoms with Crippen LogP contribution in [0, 0.1) is 0 Å². The van der Waals surface area contributed by atoms with Gasteiger partial charge in [0.25, 0.3) is 11.8 Å². The number of amides is 2. The summed E-state index contributed by atoms with van der Waals surface area (Å²) in [6, 6.07) is 4.81. The van der Waals surface area contributed by atoms with Crippen molar-refractivity contribution in [2.24, 2.45) is 0 Å². The number of carbonyl (C=O) groups excluding carboxylic acids is 2. The van der Waals surface area contributed by atoms with Crippen LogP contribution in [-0.2, 0) is 11.3 Å². The Hall–Kier alpha value is -3.07. The van der Waals surface area contributed by atoms with Crippen molar-refractivity contribution >= 4 is 17.5 Å². The number of methoxy groups -OCH3 is 3. The van der Waals surface area contributed by atoms with Crippen molar-refractivity contribution in [1.82, 2.24) is 14.7 Å². The Morgan fingerprint density at radius 1 is 1.21 bits per heavy atom. The molecule has 9 heteroatoms. The molecule has 1 fully saturated rings. The van der Waals surface area contributed by atoms with Crippen LogP contribution in [0.3, 0.4) is 0 Å². The van der Waals surface area contributed by atoms with E-state index < -0.39 is 5.91 Å². The van der Waals surface area contributed by atoms with E-state index in [4.69, 9.17) is 14.2 Å². The number of ether oxygens (including phenoxy) is 3.